The van der Waals surface area contributed by atoms with Crippen LogP contribution in [0.15, 0.2) is 4.52 Å². The van der Waals surface area contributed by atoms with E-state index in [2.05, 4.69) is 17.1 Å². The van der Waals surface area contributed by atoms with E-state index in [4.69, 9.17) is 9.26 Å². The summed E-state index contributed by atoms with van der Waals surface area (Å²) in [6.07, 6.45) is 2.43. The third-order valence-corrected chi connectivity index (χ3v) is 2.74. The van der Waals surface area contributed by atoms with E-state index in [9.17, 15) is 0 Å². The Hall–Kier alpha value is -0.900. The smallest absolute Gasteiger partial charge is 0.237 e. The Balaban J connectivity index is 1.87. The van der Waals surface area contributed by atoms with Gasteiger partial charge in [-0.05, 0) is 19.8 Å². The maximum atomic E-state index is 5.23. The zero-order chi connectivity index (χ0) is 8.89. The van der Waals surface area contributed by atoms with Crippen LogP contribution in [0.2, 0.25) is 0 Å². The molecule has 2 fully saturated rings. The van der Waals surface area contributed by atoms with E-state index in [-0.39, 0.29) is 5.41 Å². The van der Waals surface area contributed by atoms with Crippen molar-refractivity contribution >= 4 is 0 Å². The zero-order valence-corrected chi connectivity index (χ0v) is 7.62. The number of hydrogen-bond acceptors (Lipinski definition) is 4. The Morgan fingerprint density at radius 1 is 1.38 bits per heavy atom. The predicted molar refractivity (Wildman–Crippen MR) is 44.4 cm³/mol. The Bertz CT molecular complexity index is 326. The van der Waals surface area contributed by atoms with E-state index in [1.165, 1.54) is 12.8 Å². The van der Waals surface area contributed by atoms with Gasteiger partial charge in [0.15, 0.2) is 5.82 Å². The molecule has 2 heterocycles. The van der Waals surface area contributed by atoms with Crippen LogP contribution >= 0.6 is 0 Å². The van der Waals surface area contributed by atoms with Crippen LogP contribution < -0.4 is 0 Å². The van der Waals surface area contributed by atoms with Gasteiger partial charge >= 0.3 is 0 Å². The van der Waals surface area contributed by atoms with Crippen molar-refractivity contribution in [2.24, 2.45) is 0 Å². The van der Waals surface area contributed by atoms with Gasteiger partial charge in [-0.15, -0.1) is 0 Å². The van der Waals surface area contributed by atoms with Crippen molar-refractivity contribution in [3.63, 3.8) is 0 Å². The van der Waals surface area contributed by atoms with Crippen LogP contribution in [0.25, 0.3) is 0 Å². The molecule has 13 heavy (non-hydrogen) atoms. The summed E-state index contributed by atoms with van der Waals surface area (Å²) in [4.78, 5) is 4.41. The SMILES string of the molecule is CC1(c2nc(C3CC3)no2)COC1. The lowest BCUT2D eigenvalue weighted by molar-refractivity contribution is -0.0644. The fourth-order valence-corrected chi connectivity index (χ4v) is 1.52. The molecule has 2 aliphatic rings. The molecule has 0 radical (unpaired) electrons. The van der Waals surface area contributed by atoms with E-state index in [0.717, 1.165) is 11.7 Å². The summed E-state index contributed by atoms with van der Waals surface area (Å²) in [5.41, 5.74) is -0.0137. The quantitative estimate of drug-likeness (QED) is 0.687. The van der Waals surface area contributed by atoms with Crippen LogP contribution in [0.4, 0.5) is 0 Å². The summed E-state index contributed by atoms with van der Waals surface area (Å²) < 4.78 is 10.4. The lowest BCUT2D eigenvalue weighted by Gasteiger charge is -2.33. The normalized spacial score (nSPS) is 25.6. The molecule has 70 valence electrons. The predicted octanol–water partition coefficient (Wildman–Crippen LogP) is 1.23. The fourth-order valence-electron chi connectivity index (χ4n) is 1.52. The van der Waals surface area contributed by atoms with Gasteiger partial charge in [0.25, 0.3) is 0 Å². The largest absolute Gasteiger partial charge is 0.379 e. The number of rotatable bonds is 2. The molecule has 0 unspecified atom stereocenters. The minimum absolute atomic E-state index is 0.0137. The van der Waals surface area contributed by atoms with Crippen LogP contribution in [0.1, 0.15) is 37.4 Å². The Labute approximate surface area is 76.3 Å². The zero-order valence-electron chi connectivity index (χ0n) is 7.62. The van der Waals surface area contributed by atoms with Crippen molar-refractivity contribution in [1.29, 1.82) is 0 Å². The first-order valence-corrected chi connectivity index (χ1v) is 4.70. The van der Waals surface area contributed by atoms with Crippen LogP contribution in [0.5, 0.6) is 0 Å². The molecule has 1 aliphatic carbocycles. The molecule has 3 rings (SSSR count). The van der Waals surface area contributed by atoms with Crippen molar-refractivity contribution in [2.75, 3.05) is 13.2 Å². The van der Waals surface area contributed by atoms with Crippen molar-refractivity contribution in [3.8, 4) is 0 Å². The van der Waals surface area contributed by atoms with E-state index in [1.54, 1.807) is 0 Å². The van der Waals surface area contributed by atoms with Crippen molar-refractivity contribution in [2.45, 2.75) is 31.1 Å². The molecular formula is C9H12N2O2. The second kappa shape index (κ2) is 2.32. The standard InChI is InChI=1S/C9H12N2O2/c1-9(4-12-5-9)8-10-7(11-13-8)6-2-3-6/h6H,2-5H2,1H3. The minimum Gasteiger partial charge on any atom is -0.379 e. The first-order chi connectivity index (χ1) is 6.28. The van der Waals surface area contributed by atoms with Gasteiger partial charge < -0.3 is 9.26 Å². The third kappa shape index (κ3) is 1.09. The first-order valence-electron chi connectivity index (χ1n) is 4.70. The lowest BCUT2D eigenvalue weighted by atomic mass is 9.89. The van der Waals surface area contributed by atoms with Crippen LogP contribution in [-0.4, -0.2) is 23.4 Å². The van der Waals surface area contributed by atoms with E-state index >= 15 is 0 Å². The molecule has 1 aromatic heterocycles. The highest BCUT2D eigenvalue weighted by Gasteiger charge is 2.42. The summed E-state index contributed by atoms with van der Waals surface area (Å²) in [5.74, 6) is 2.21. The van der Waals surface area contributed by atoms with Gasteiger partial charge in [0, 0.05) is 5.92 Å². The van der Waals surface area contributed by atoms with E-state index in [0.29, 0.717) is 19.1 Å². The second-order valence-corrected chi connectivity index (χ2v) is 4.29. The minimum atomic E-state index is -0.0137. The average Bonchev–Trinajstić information content (AvgIpc) is 2.80. The third-order valence-electron chi connectivity index (χ3n) is 2.74. The van der Waals surface area contributed by atoms with Gasteiger partial charge in [-0.3, -0.25) is 0 Å². The molecule has 0 aromatic carbocycles. The van der Waals surface area contributed by atoms with E-state index < -0.39 is 0 Å². The Kier molecular flexibility index (Phi) is 1.34. The number of ether oxygens (including phenoxy) is 1. The molecule has 1 aromatic rings. The van der Waals surface area contributed by atoms with Gasteiger partial charge in [0.05, 0.1) is 18.6 Å². The summed E-state index contributed by atoms with van der Waals surface area (Å²) in [6.45, 7) is 3.51. The van der Waals surface area contributed by atoms with Gasteiger partial charge in [0.1, 0.15) is 0 Å². The molecule has 0 spiro atoms. The summed E-state index contributed by atoms with van der Waals surface area (Å²) in [5, 5.41) is 3.98. The number of hydrogen-bond donors (Lipinski definition) is 0. The first kappa shape index (κ1) is 7.50. The molecule has 4 nitrogen and oxygen atoms in total. The monoisotopic (exact) mass is 180 g/mol. The molecule has 1 saturated carbocycles. The van der Waals surface area contributed by atoms with Crippen molar-refractivity contribution in [1.82, 2.24) is 10.1 Å². The topological polar surface area (TPSA) is 48.2 Å². The summed E-state index contributed by atoms with van der Waals surface area (Å²) in [7, 11) is 0. The summed E-state index contributed by atoms with van der Waals surface area (Å²) in [6, 6.07) is 0. The number of aromatic nitrogens is 2. The van der Waals surface area contributed by atoms with E-state index in [1.807, 2.05) is 0 Å². The molecule has 0 atom stereocenters. The Morgan fingerprint density at radius 2 is 2.15 bits per heavy atom. The highest BCUT2D eigenvalue weighted by atomic mass is 16.5. The molecular weight excluding hydrogens is 168 g/mol. The van der Waals surface area contributed by atoms with Crippen LogP contribution in [0.3, 0.4) is 0 Å². The maximum absolute atomic E-state index is 5.23. The van der Waals surface area contributed by atoms with Crippen molar-refractivity contribution in [3.05, 3.63) is 11.7 Å². The van der Waals surface area contributed by atoms with Gasteiger partial charge in [-0.1, -0.05) is 5.16 Å². The molecule has 0 N–H and O–H groups in total. The second-order valence-electron chi connectivity index (χ2n) is 4.29. The fraction of sp³-hybridized carbons (Fsp3) is 0.778. The van der Waals surface area contributed by atoms with Gasteiger partial charge in [-0.25, -0.2) is 0 Å². The average molecular weight is 180 g/mol. The molecule has 1 aliphatic heterocycles. The van der Waals surface area contributed by atoms with Crippen LogP contribution in [-0.2, 0) is 10.2 Å². The maximum Gasteiger partial charge on any atom is 0.237 e. The highest BCUT2D eigenvalue weighted by Crippen LogP contribution is 2.39. The molecule has 0 amide bonds. The van der Waals surface area contributed by atoms with Crippen molar-refractivity contribution < 1.29 is 9.26 Å². The molecule has 4 heteroatoms. The summed E-state index contributed by atoms with van der Waals surface area (Å²) >= 11 is 0. The molecule has 1 saturated heterocycles. The molecule has 0 bridgehead atoms. The number of nitrogens with zero attached hydrogens (tertiary/aromatic N) is 2. The lowest BCUT2D eigenvalue weighted by Crippen LogP contribution is -2.44. The van der Waals surface area contributed by atoms with Gasteiger partial charge in [0.2, 0.25) is 5.89 Å². The highest BCUT2D eigenvalue weighted by molar-refractivity contribution is 5.11. The Morgan fingerprint density at radius 3 is 2.69 bits per heavy atom. The van der Waals surface area contributed by atoms with Crippen LogP contribution in [0, 0.1) is 0 Å². The van der Waals surface area contributed by atoms with Gasteiger partial charge in [-0.2, -0.15) is 4.98 Å².